The van der Waals surface area contributed by atoms with Gasteiger partial charge in [0.15, 0.2) is 0 Å². The van der Waals surface area contributed by atoms with Gasteiger partial charge in [-0.3, -0.25) is 33.6 Å². The largest absolute Gasteiger partial charge is 0.372 e. The quantitative estimate of drug-likeness (QED) is 0.0622. The van der Waals surface area contributed by atoms with Crippen LogP contribution >= 0.6 is 0 Å². The molecule has 2 aliphatic heterocycles. The van der Waals surface area contributed by atoms with Gasteiger partial charge in [-0.15, -0.1) is 0 Å². The summed E-state index contributed by atoms with van der Waals surface area (Å²) in [6.45, 7) is 15.2. The first-order valence-corrected chi connectivity index (χ1v) is 28.5. The van der Waals surface area contributed by atoms with Gasteiger partial charge in [-0.25, -0.2) is 0 Å². The van der Waals surface area contributed by atoms with E-state index in [0.717, 1.165) is 66.3 Å². The summed E-state index contributed by atoms with van der Waals surface area (Å²) in [4.78, 5) is 102. The molecule has 7 N–H and O–H groups in total. The Labute approximate surface area is 471 Å². The molecule has 2 heterocycles. The topological polar surface area (TPSA) is 219 Å². The Kier molecular flexibility index (Phi) is 18.7. The predicted molar refractivity (Wildman–Crippen MR) is 308 cm³/mol. The van der Waals surface area contributed by atoms with E-state index in [1.165, 1.54) is 11.1 Å². The molecule has 17 heteroatoms. The van der Waals surface area contributed by atoms with E-state index in [4.69, 9.17) is 4.74 Å². The predicted octanol–water partition coefficient (Wildman–Crippen LogP) is 6.34. The second-order valence-electron chi connectivity index (χ2n) is 24.4. The normalized spacial score (nSPS) is 21.3. The van der Waals surface area contributed by atoms with Crippen LogP contribution in [-0.2, 0) is 65.9 Å². The van der Waals surface area contributed by atoms with Crippen LogP contribution in [0.4, 0.5) is 5.69 Å². The Balaban J connectivity index is 0.956. The Morgan fingerprint density at radius 1 is 0.613 bits per heavy atom. The van der Waals surface area contributed by atoms with Gasteiger partial charge in [-0.2, -0.15) is 0 Å². The smallest absolute Gasteiger partial charge is 0.255 e. The molecule has 9 atom stereocenters. The number of anilines is 1. The van der Waals surface area contributed by atoms with Crippen molar-refractivity contribution in [2.75, 3.05) is 26.0 Å². The van der Waals surface area contributed by atoms with Crippen molar-refractivity contribution in [2.24, 2.45) is 10.8 Å². The van der Waals surface area contributed by atoms with Gasteiger partial charge in [0.05, 0.1) is 36.9 Å². The number of rotatable bonds is 17. The third kappa shape index (κ3) is 13.8. The summed E-state index contributed by atoms with van der Waals surface area (Å²) in [7, 11) is 3.36. The zero-order valence-electron chi connectivity index (χ0n) is 48.3. The Morgan fingerprint density at radius 3 is 1.65 bits per heavy atom. The van der Waals surface area contributed by atoms with Crippen LogP contribution < -0.4 is 37.2 Å². The van der Waals surface area contributed by atoms with Gasteiger partial charge in [0.25, 0.3) is 5.91 Å². The zero-order valence-corrected chi connectivity index (χ0v) is 48.3. The number of likely N-dealkylation sites (N-methyl/N-ethyl adjacent to an activating group) is 2. The number of hydrogen-bond donors (Lipinski definition) is 7. The lowest BCUT2D eigenvalue weighted by atomic mass is 9.83. The molecule has 1 fully saturated rings. The van der Waals surface area contributed by atoms with Crippen LogP contribution in [-0.4, -0.2) is 114 Å². The SMILES string of the molecule is CNC(C)C(=O)NC(C(=O)N1Cc2cc(NC(=O)c3ccc(COC4CC(C(=O)NC5CCCc6ccccc65)N(C(=O)C(NC(=O)C(C)NC)C(C)(C)C)C4)cc3)ccc2CC1C(=O)NC1CCCc2ccccc21)C(C)(C)C. The van der Waals surface area contributed by atoms with E-state index >= 15 is 0 Å². The average Bonchev–Trinajstić information content (AvgIpc) is 3.96. The first-order valence-electron chi connectivity index (χ1n) is 28.5. The van der Waals surface area contributed by atoms with Gasteiger partial charge in [0.2, 0.25) is 35.4 Å². The number of likely N-dealkylation sites (tertiary alicyclic amines) is 1. The van der Waals surface area contributed by atoms with E-state index in [-0.39, 0.29) is 86.0 Å². The van der Waals surface area contributed by atoms with Gasteiger partial charge < -0.3 is 51.8 Å². The molecule has 7 amide bonds. The van der Waals surface area contributed by atoms with E-state index in [2.05, 4.69) is 61.5 Å². The van der Waals surface area contributed by atoms with Gasteiger partial charge in [0.1, 0.15) is 24.2 Å². The van der Waals surface area contributed by atoms with Crippen molar-refractivity contribution in [1.82, 2.24) is 41.7 Å². The highest BCUT2D eigenvalue weighted by Gasteiger charge is 2.47. The minimum atomic E-state index is -0.945. The van der Waals surface area contributed by atoms with Gasteiger partial charge in [-0.05, 0) is 141 Å². The highest BCUT2D eigenvalue weighted by molar-refractivity contribution is 6.04. The molecular formula is C63H83N9O8. The molecule has 4 aliphatic rings. The number of fused-ring (bicyclic) bond motifs is 3. The number of hydrogen-bond acceptors (Lipinski definition) is 10. The van der Waals surface area contributed by atoms with Crippen LogP contribution in [0, 0.1) is 10.8 Å². The number of benzene rings is 4. The van der Waals surface area contributed by atoms with E-state index in [0.29, 0.717) is 11.3 Å². The molecule has 1 saturated heterocycles. The molecule has 17 nitrogen and oxygen atoms in total. The Bertz CT molecular complexity index is 2930. The maximum atomic E-state index is 14.9. The first kappa shape index (κ1) is 59.2. The van der Waals surface area contributed by atoms with Gasteiger partial charge in [-0.1, -0.05) is 108 Å². The van der Waals surface area contributed by atoms with Gasteiger partial charge >= 0.3 is 0 Å². The van der Waals surface area contributed by atoms with Crippen molar-refractivity contribution in [3.8, 4) is 0 Å². The summed E-state index contributed by atoms with van der Waals surface area (Å²) in [6, 6.07) is 23.8. The summed E-state index contributed by atoms with van der Waals surface area (Å²) in [5, 5.41) is 21.4. The Morgan fingerprint density at radius 2 is 1.12 bits per heavy atom. The molecule has 0 spiro atoms. The van der Waals surface area contributed by atoms with Crippen LogP contribution in [0.3, 0.4) is 0 Å². The second-order valence-corrected chi connectivity index (χ2v) is 24.4. The van der Waals surface area contributed by atoms with Crippen molar-refractivity contribution < 1.29 is 38.3 Å². The summed E-state index contributed by atoms with van der Waals surface area (Å²) >= 11 is 0. The first-order chi connectivity index (χ1) is 38.0. The molecule has 0 aromatic heterocycles. The zero-order chi connectivity index (χ0) is 57.6. The molecule has 8 rings (SSSR count). The molecular weight excluding hydrogens is 1010 g/mol. The Hall–Kier alpha value is -6.95. The number of amides is 7. The molecule has 428 valence electrons. The second kappa shape index (κ2) is 25.2. The molecule has 0 saturated carbocycles. The number of carbonyl (C=O) groups excluding carboxylic acids is 7. The van der Waals surface area contributed by atoms with Crippen LogP contribution in [0.1, 0.15) is 149 Å². The standard InChI is InChI=1S/C63H83N9O8/c1-37(64-9)55(73)69-53(62(3,4)5)60(78)71-34-44-31-45(30-29-43(44)32-51(71)58(76)67-49-23-15-19-40-17-11-13-21-47(40)49)66-57(75)42-27-25-39(26-28-42)36-80-46-33-52(59(77)68-50-24-16-20-41-18-12-14-22-48(41)50)72(35-46)61(79)54(63(6,7)8)70-56(74)38(2)65-10/h11-14,17-18,21-22,25-31,37-38,46,49-54,64-65H,15-16,19-20,23-24,32-36H2,1-10H3,(H,66,75)(H,67,76)(H,68,77)(H,69,73)(H,70,74). The van der Waals surface area contributed by atoms with E-state index in [1.807, 2.05) is 77.9 Å². The van der Waals surface area contributed by atoms with Gasteiger partial charge in [0, 0.05) is 37.2 Å². The fourth-order valence-corrected chi connectivity index (χ4v) is 11.5. The van der Waals surface area contributed by atoms with Crippen LogP contribution in [0.25, 0.3) is 0 Å². The van der Waals surface area contributed by atoms with E-state index in [9.17, 15) is 33.6 Å². The van der Waals surface area contributed by atoms with E-state index in [1.54, 1.807) is 68.1 Å². The maximum absolute atomic E-state index is 14.9. The summed E-state index contributed by atoms with van der Waals surface area (Å²) < 4.78 is 6.47. The van der Waals surface area contributed by atoms with Crippen LogP contribution in [0.5, 0.6) is 0 Å². The lowest BCUT2D eigenvalue weighted by molar-refractivity contribution is -0.147. The average molecular weight is 1090 g/mol. The summed E-state index contributed by atoms with van der Waals surface area (Å²) in [6.07, 6.45) is 5.29. The third-order valence-corrected chi connectivity index (χ3v) is 16.6. The molecule has 0 bridgehead atoms. The highest BCUT2D eigenvalue weighted by Crippen LogP contribution is 2.35. The summed E-state index contributed by atoms with van der Waals surface area (Å²) in [5.74, 6) is -2.27. The number of carbonyl (C=O) groups is 7. The minimum absolute atomic E-state index is 0.0764. The van der Waals surface area contributed by atoms with Crippen LogP contribution in [0.2, 0.25) is 0 Å². The van der Waals surface area contributed by atoms with Crippen molar-refractivity contribution in [2.45, 2.75) is 174 Å². The molecule has 2 aliphatic carbocycles. The molecule has 9 unspecified atom stereocenters. The monoisotopic (exact) mass is 1090 g/mol. The van der Waals surface area contributed by atoms with Crippen molar-refractivity contribution in [3.63, 3.8) is 0 Å². The lowest BCUT2D eigenvalue weighted by Gasteiger charge is -2.42. The molecule has 80 heavy (non-hydrogen) atoms. The van der Waals surface area contributed by atoms with Crippen molar-refractivity contribution >= 4 is 47.0 Å². The lowest BCUT2D eigenvalue weighted by Crippen LogP contribution is -2.62. The van der Waals surface area contributed by atoms with Crippen LogP contribution in [0.15, 0.2) is 91.0 Å². The highest BCUT2D eigenvalue weighted by atomic mass is 16.5. The minimum Gasteiger partial charge on any atom is -0.372 e. The molecule has 4 aromatic carbocycles. The number of nitrogens with one attached hydrogen (secondary N) is 7. The number of aryl methyl sites for hydroxylation is 2. The summed E-state index contributed by atoms with van der Waals surface area (Å²) in [5.41, 5.74) is 6.53. The van der Waals surface area contributed by atoms with E-state index < -0.39 is 53.2 Å². The molecule has 4 aromatic rings. The third-order valence-electron chi connectivity index (χ3n) is 16.6. The van der Waals surface area contributed by atoms with Crippen molar-refractivity contribution in [3.05, 3.63) is 136 Å². The number of ether oxygens (including phenoxy) is 1. The maximum Gasteiger partial charge on any atom is 0.255 e. The number of nitrogens with zero attached hydrogens (tertiary/aromatic N) is 2. The fraction of sp³-hybridized carbons (Fsp3) is 0.508. The van der Waals surface area contributed by atoms with Crippen molar-refractivity contribution in [1.29, 1.82) is 0 Å². The fourth-order valence-electron chi connectivity index (χ4n) is 11.5. The molecule has 0 radical (unpaired) electrons.